The number of anilines is 1. The topological polar surface area (TPSA) is 57.5 Å². The second-order valence-corrected chi connectivity index (χ2v) is 7.21. The molecule has 2 aliphatic rings. The molecule has 0 radical (unpaired) electrons. The van der Waals surface area contributed by atoms with E-state index in [1.807, 2.05) is 45.9 Å². The van der Waals surface area contributed by atoms with E-state index in [-0.39, 0.29) is 11.2 Å². The fourth-order valence-electron chi connectivity index (χ4n) is 2.95. The molecule has 5 nitrogen and oxygen atoms in total. The van der Waals surface area contributed by atoms with Crippen LogP contribution in [0.4, 0.5) is 5.69 Å². The Morgan fingerprint density at radius 3 is 2.30 bits per heavy atom. The molecule has 0 atom stereocenters. The first-order valence-electron chi connectivity index (χ1n) is 8.19. The number of benzene rings is 1. The Kier molecular flexibility index (Phi) is 4.13. The highest BCUT2D eigenvalue weighted by atomic mass is 16.7. The standard InChI is InChI=1S/C17H24BN3O2/c1-16(2)17(3,4)23-18(22-16)14-5-6-15(13(11-14)12-19)21-9-7-20-8-10-21/h5-6,11,20H,7-10H2,1-4H3. The van der Waals surface area contributed by atoms with E-state index in [0.717, 1.165) is 37.3 Å². The summed E-state index contributed by atoms with van der Waals surface area (Å²) in [6, 6.07) is 8.26. The molecule has 3 rings (SSSR count). The van der Waals surface area contributed by atoms with E-state index in [2.05, 4.69) is 16.3 Å². The Bertz CT molecular complexity index is 617. The molecule has 0 aromatic heterocycles. The van der Waals surface area contributed by atoms with Crippen molar-refractivity contribution in [3.63, 3.8) is 0 Å². The molecule has 6 heteroatoms. The van der Waals surface area contributed by atoms with Gasteiger partial charge in [-0.15, -0.1) is 0 Å². The van der Waals surface area contributed by atoms with Crippen molar-refractivity contribution in [2.45, 2.75) is 38.9 Å². The fraction of sp³-hybridized carbons (Fsp3) is 0.588. The SMILES string of the molecule is CC1(C)OB(c2ccc(N3CCNCC3)c(C#N)c2)OC1(C)C. The highest BCUT2D eigenvalue weighted by Gasteiger charge is 2.51. The third-order valence-electron chi connectivity index (χ3n) is 5.12. The minimum atomic E-state index is -0.427. The lowest BCUT2D eigenvalue weighted by Gasteiger charge is -2.32. The van der Waals surface area contributed by atoms with Gasteiger partial charge in [0.25, 0.3) is 0 Å². The highest BCUT2D eigenvalue weighted by molar-refractivity contribution is 6.62. The predicted molar refractivity (Wildman–Crippen MR) is 92.0 cm³/mol. The summed E-state index contributed by atoms with van der Waals surface area (Å²) >= 11 is 0. The number of rotatable bonds is 2. The van der Waals surface area contributed by atoms with E-state index in [4.69, 9.17) is 9.31 Å². The second kappa shape index (κ2) is 5.83. The number of hydrogen-bond acceptors (Lipinski definition) is 5. The van der Waals surface area contributed by atoms with Crippen LogP contribution in [0.1, 0.15) is 33.3 Å². The molecule has 2 aliphatic heterocycles. The zero-order chi connectivity index (χ0) is 16.7. The van der Waals surface area contributed by atoms with Crippen LogP contribution in [0.25, 0.3) is 0 Å². The van der Waals surface area contributed by atoms with Crippen LogP contribution in [0.2, 0.25) is 0 Å². The summed E-state index contributed by atoms with van der Waals surface area (Å²) < 4.78 is 12.2. The van der Waals surface area contributed by atoms with Gasteiger partial charge in [0.2, 0.25) is 0 Å². The second-order valence-electron chi connectivity index (χ2n) is 7.21. The molecule has 23 heavy (non-hydrogen) atoms. The maximum absolute atomic E-state index is 9.55. The third kappa shape index (κ3) is 2.97. The molecule has 0 aliphatic carbocycles. The van der Waals surface area contributed by atoms with Crippen LogP contribution in [0, 0.1) is 11.3 Å². The van der Waals surface area contributed by atoms with Gasteiger partial charge in [-0.05, 0) is 45.3 Å². The van der Waals surface area contributed by atoms with Gasteiger partial charge in [-0.2, -0.15) is 5.26 Å². The van der Waals surface area contributed by atoms with E-state index in [0.29, 0.717) is 5.56 Å². The normalized spacial score (nSPS) is 22.9. The monoisotopic (exact) mass is 313 g/mol. The molecular weight excluding hydrogens is 289 g/mol. The van der Waals surface area contributed by atoms with Gasteiger partial charge in [0.1, 0.15) is 6.07 Å². The zero-order valence-electron chi connectivity index (χ0n) is 14.3. The maximum atomic E-state index is 9.55. The minimum Gasteiger partial charge on any atom is -0.399 e. The summed E-state index contributed by atoms with van der Waals surface area (Å²) in [6.45, 7) is 11.9. The number of nitriles is 1. The van der Waals surface area contributed by atoms with Crippen molar-refractivity contribution >= 4 is 18.3 Å². The van der Waals surface area contributed by atoms with Gasteiger partial charge >= 0.3 is 7.12 Å². The number of hydrogen-bond donors (Lipinski definition) is 1. The quantitative estimate of drug-likeness (QED) is 0.833. The summed E-state index contributed by atoms with van der Waals surface area (Å²) in [5, 5.41) is 12.9. The van der Waals surface area contributed by atoms with Crippen LogP contribution < -0.4 is 15.7 Å². The van der Waals surface area contributed by atoms with Gasteiger partial charge in [0, 0.05) is 26.2 Å². The summed E-state index contributed by atoms with van der Waals surface area (Å²) in [5.74, 6) is 0. The van der Waals surface area contributed by atoms with Crippen LogP contribution in [0.3, 0.4) is 0 Å². The van der Waals surface area contributed by atoms with Gasteiger partial charge in [0.15, 0.2) is 0 Å². The maximum Gasteiger partial charge on any atom is 0.494 e. The molecule has 2 fully saturated rings. The molecule has 1 aromatic rings. The van der Waals surface area contributed by atoms with Gasteiger partial charge in [-0.25, -0.2) is 0 Å². The smallest absolute Gasteiger partial charge is 0.399 e. The van der Waals surface area contributed by atoms with E-state index in [1.165, 1.54) is 0 Å². The summed E-state index contributed by atoms with van der Waals surface area (Å²) in [7, 11) is -0.427. The van der Waals surface area contributed by atoms with E-state index in [1.54, 1.807) is 0 Å². The molecule has 0 unspecified atom stereocenters. The van der Waals surface area contributed by atoms with Crippen LogP contribution in [-0.4, -0.2) is 44.5 Å². The van der Waals surface area contributed by atoms with Gasteiger partial charge < -0.3 is 19.5 Å². The minimum absolute atomic E-state index is 0.373. The Morgan fingerprint density at radius 2 is 1.74 bits per heavy atom. The highest BCUT2D eigenvalue weighted by Crippen LogP contribution is 2.36. The molecule has 0 saturated carbocycles. The first-order chi connectivity index (χ1) is 10.8. The van der Waals surface area contributed by atoms with E-state index in [9.17, 15) is 5.26 Å². The van der Waals surface area contributed by atoms with E-state index < -0.39 is 7.12 Å². The zero-order valence-corrected chi connectivity index (χ0v) is 14.3. The first kappa shape index (κ1) is 16.3. The molecule has 2 saturated heterocycles. The molecule has 1 N–H and O–H groups in total. The Hall–Kier alpha value is -1.55. The lowest BCUT2D eigenvalue weighted by molar-refractivity contribution is 0.00578. The average Bonchev–Trinajstić information content (AvgIpc) is 2.75. The lowest BCUT2D eigenvalue weighted by Crippen LogP contribution is -2.44. The van der Waals surface area contributed by atoms with Gasteiger partial charge in [0.05, 0.1) is 22.5 Å². The van der Waals surface area contributed by atoms with Crippen molar-refractivity contribution in [3.05, 3.63) is 23.8 Å². The predicted octanol–water partition coefficient (Wildman–Crippen LogP) is 1.27. The first-order valence-corrected chi connectivity index (χ1v) is 8.19. The lowest BCUT2D eigenvalue weighted by atomic mass is 9.78. The summed E-state index contributed by atoms with van der Waals surface area (Å²) in [6.07, 6.45) is 0. The van der Waals surface area contributed by atoms with Crippen molar-refractivity contribution in [3.8, 4) is 6.07 Å². The molecule has 0 bridgehead atoms. The molecule has 122 valence electrons. The van der Waals surface area contributed by atoms with Crippen LogP contribution >= 0.6 is 0 Å². The van der Waals surface area contributed by atoms with Crippen LogP contribution in [0.5, 0.6) is 0 Å². The van der Waals surface area contributed by atoms with Crippen LogP contribution in [0.15, 0.2) is 18.2 Å². The van der Waals surface area contributed by atoms with Crippen molar-refractivity contribution in [1.82, 2.24) is 5.32 Å². The van der Waals surface area contributed by atoms with E-state index >= 15 is 0 Å². The van der Waals surface area contributed by atoms with Crippen molar-refractivity contribution in [2.24, 2.45) is 0 Å². The van der Waals surface area contributed by atoms with Gasteiger partial charge in [-0.1, -0.05) is 6.07 Å². The molecule has 2 heterocycles. The van der Waals surface area contributed by atoms with Crippen LogP contribution in [-0.2, 0) is 9.31 Å². The van der Waals surface area contributed by atoms with Crippen molar-refractivity contribution in [1.29, 1.82) is 5.26 Å². The van der Waals surface area contributed by atoms with Crippen molar-refractivity contribution < 1.29 is 9.31 Å². The molecule has 0 amide bonds. The Balaban J connectivity index is 1.87. The molecular formula is C17H24BN3O2. The average molecular weight is 313 g/mol. The largest absolute Gasteiger partial charge is 0.494 e. The fourth-order valence-corrected chi connectivity index (χ4v) is 2.95. The Labute approximate surface area is 138 Å². The van der Waals surface area contributed by atoms with Crippen molar-refractivity contribution in [2.75, 3.05) is 31.1 Å². The number of nitrogens with zero attached hydrogens (tertiary/aromatic N) is 2. The number of nitrogens with one attached hydrogen (secondary N) is 1. The number of piperazine rings is 1. The summed E-state index contributed by atoms with van der Waals surface area (Å²) in [4.78, 5) is 2.25. The molecule has 1 aromatic carbocycles. The Morgan fingerprint density at radius 1 is 1.13 bits per heavy atom. The summed E-state index contributed by atoms with van der Waals surface area (Å²) in [5.41, 5.74) is 1.83. The van der Waals surface area contributed by atoms with Gasteiger partial charge in [-0.3, -0.25) is 0 Å². The molecule has 0 spiro atoms. The third-order valence-corrected chi connectivity index (χ3v) is 5.12.